The standard InChI is InChI=1S/C24H17BrFIN2O3/c1-31-22-11-16(10-17(13-28)24(30)29-21-5-3-2-4-20(21)26)19(25)12-23(22)32-14-15-6-8-18(27)9-7-15/h2-12H,14H2,1H3,(H,29,30)/b17-10-. The lowest BCUT2D eigenvalue weighted by atomic mass is 10.1. The molecular formula is C24H17BrFIN2O3. The fourth-order valence-electron chi connectivity index (χ4n) is 2.73. The van der Waals surface area contributed by atoms with Gasteiger partial charge < -0.3 is 14.8 Å². The monoisotopic (exact) mass is 606 g/mol. The summed E-state index contributed by atoms with van der Waals surface area (Å²) in [4.78, 5) is 12.5. The molecule has 1 amide bonds. The van der Waals surface area contributed by atoms with Gasteiger partial charge in [0, 0.05) is 8.04 Å². The molecule has 0 bridgehead atoms. The highest BCUT2D eigenvalue weighted by Gasteiger charge is 2.15. The van der Waals surface area contributed by atoms with E-state index in [0.29, 0.717) is 28.1 Å². The van der Waals surface area contributed by atoms with E-state index in [1.807, 2.05) is 30.3 Å². The number of amides is 1. The van der Waals surface area contributed by atoms with Crippen LogP contribution in [0.3, 0.4) is 0 Å². The van der Waals surface area contributed by atoms with Crippen molar-refractivity contribution in [1.29, 1.82) is 5.26 Å². The number of nitrogens with zero attached hydrogens (tertiary/aromatic N) is 1. The minimum absolute atomic E-state index is 0.00496. The van der Waals surface area contributed by atoms with Crippen molar-refractivity contribution in [3.63, 3.8) is 0 Å². The normalized spacial score (nSPS) is 10.9. The number of hydrogen-bond acceptors (Lipinski definition) is 4. The van der Waals surface area contributed by atoms with Gasteiger partial charge in [-0.3, -0.25) is 4.79 Å². The van der Waals surface area contributed by atoms with Gasteiger partial charge in [-0.25, -0.2) is 4.39 Å². The number of methoxy groups -OCH3 is 1. The van der Waals surface area contributed by atoms with E-state index < -0.39 is 11.7 Å². The molecule has 0 spiro atoms. The second-order valence-electron chi connectivity index (χ2n) is 6.54. The van der Waals surface area contributed by atoms with Crippen LogP contribution in [0.2, 0.25) is 0 Å². The minimum Gasteiger partial charge on any atom is -0.493 e. The highest BCUT2D eigenvalue weighted by molar-refractivity contribution is 14.1. The van der Waals surface area contributed by atoms with Gasteiger partial charge in [0.05, 0.1) is 12.8 Å². The first-order valence-electron chi connectivity index (χ1n) is 9.33. The molecule has 3 aromatic carbocycles. The van der Waals surface area contributed by atoms with E-state index >= 15 is 0 Å². The highest BCUT2D eigenvalue weighted by Crippen LogP contribution is 2.35. The van der Waals surface area contributed by atoms with Gasteiger partial charge in [-0.05, 0) is 76.2 Å². The Balaban J connectivity index is 1.82. The minimum atomic E-state index is -0.720. The lowest BCUT2D eigenvalue weighted by Gasteiger charge is -2.13. The van der Waals surface area contributed by atoms with Gasteiger partial charge in [0.15, 0.2) is 11.5 Å². The number of para-hydroxylation sites is 1. The van der Waals surface area contributed by atoms with Crippen molar-refractivity contribution in [2.75, 3.05) is 12.4 Å². The Labute approximate surface area is 207 Å². The zero-order valence-corrected chi connectivity index (χ0v) is 20.6. The van der Waals surface area contributed by atoms with Crippen molar-refractivity contribution in [1.82, 2.24) is 0 Å². The van der Waals surface area contributed by atoms with Gasteiger partial charge in [-0.15, -0.1) is 0 Å². The number of anilines is 1. The molecule has 0 fully saturated rings. The molecule has 8 heteroatoms. The van der Waals surface area contributed by atoms with Crippen LogP contribution in [0.1, 0.15) is 11.1 Å². The van der Waals surface area contributed by atoms with E-state index in [1.54, 1.807) is 18.2 Å². The second-order valence-corrected chi connectivity index (χ2v) is 8.64. The van der Waals surface area contributed by atoms with Crippen LogP contribution in [-0.2, 0) is 11.4 Å². The van der Waals surface area contributed by atoms with Gasteiger partial charge in [0.25, 0.3) is 5.91 Å². The summed E-state index contributed by atoms with van der Waals surface area (Å²) in [6.45, 7) is 0.351. The van der Waals surface area contributed by atoms with Gasteiger partial charge in [-0.2, -0.15) is 5.26 Å². The molecule has 0 aliphatic heterocycles. The molecule has 0 unspecified atom stereocenters. The Morgan fingerprint density at radius 1 is 1.19 bits per heavy atom. The number of carbonyl (C=O) groups is 1. The highest BCUT2D eigenvalue weighted by atomic mass is 127. The van der Waals surface area contributed by atoms with Gasteiger partial charge >= 0.3 is 0 Å². The van der Waals surface area contributed by atoms with Crippen LogP contribution in [0.4, 0.5) is 10.1 Å². The summed E-state index contributed by atoms with van der Waals surface area (Å²) in [5.74, 6) is -0.362. The Bertz CT molecular complexity index is 1210. The molecular weight excluding hydrogens is 590 g/mol. The predicted molar refractivity (Wildman–Crippen MR) is 133 cm³/mol. The summed E-state index contributed by atoms with van der Waals surface area (Å²) < 4.78 is 26.9. The van der Waals surface area contributed by atoms with Crippen molar-refractivity contribution < 1.29 is 18.7 Å². The van der Waals surface area contributed by atoms with Crippen LogP contribution in [-0.4, -0.2) is 13.0 Å². The number of nitrogens with one attached hydrogen (secondary N) is 1. The van der Waals surface area contributed by atoms with Gasteiger partial charge in [0.1, 0.15) is 24.1 Å². The maximum absolute atomic E-state index is 13.8. The number of hydrogen-bond donors (Lipinski definition) is 1. The molecule has 0 radical (unpaired) electrons. The predicted octanol–water partition coefficient (Wildman–Crippen LogP) is 6.33. The lowest BCUT2D eigenvalue weighted by molar-refractivity contribution is -0.112. The van der Waals surface area contributed by atoms with Crippen molar-refractivity contribution in [3.8, 4) is 17.6 Å². The molecule has 3 aromatic rings. The van der Waals surface area contributed by atoms with Gasteiger partial charge in [-0.1, -0.05) is 40.2 Å². The molecule has 1 N–H and O–H groups in total. The van der Waals surface area contributed by atoms with Crippen LogP contribution in [0.15, 0.2) is 70.7 Å². The molecule has 3 rings (SSSR count). The molecule has 0 heterocycles. The van der Waals surface area contributed by atoms with E-state index in [4.69, 9.17) is 9.47 Å². The third kappa shape index (κ3) is 6.08. The first-order chi connectivity index (χ1) is 15.4. The van der Waals surface area contributed by atoms with Crippen molar-refractivity contribution >= 4 is 56.2 Å². The molecule has 162 valence electrons. The lowest BCUT2D eigenvalue weighted by Crippen LogP contribution is -2.14. The Morgan fingerprint density at radius 2 is 1.91 bits per heavy atom. The van der Waals surface area contributed by atoms with E-state index in [2.05, 4.69) is 43.8 Å². The molecule has 32 heavy (non-hydrogen) atoms. The van der Waals surface area contributed by atoms with E-state index in [-0.39, 0.29) is 11.3 Å². The summed E-state index contributed by atoms with van der Waals surface area (Å²) in [5.41, 5.74) is 1.34. The number of ether oxygens (including phenoxy) is 2. The molecule has 0 aliphatic carbocycles. The average Bonchev–Trinajstić information content (AvgIpc) is 2.79. The Kier molecular flexibility index (Phi) is 8.25. The number of halogens is 3. The summed E-state index contributed by atoms with van der Waals surface area (Å²) >= 11 is 5.69. The summed E-state index contributed by atoms with van der Waals surface area (Å²) in [6, 6.07) is 18.9. The quantitative estimate of drug-likeness (QED) is 0.194. The van der Waals surface area contributed by atoms with Crippen LogP contribution >= 0.6 is 38.5 Å². The smallest absolute Gasteiger partial charge is 0.266 e. The fraction of sp³-hybridized carbons (Fsp3) is 0.0833. The number of carbonyl (C=O) groups excluding carboxylic acids is 1. The van der Waals surface area contributed by atoms with Gasteiger partial charge in [0.2, 0.25) is 0 Å². The third-order valence-corrected chi connectivity index (χ3v) is 5.78. The first kappa shape index (κ1) is 23.8. The van der Waals surface area contributed by atoms with Crippen molar-refractivity contribution in [3.05, 3.63) is 91.2 Å². The topological polar surface area (TPSA) is 71.3 Å². The first-order valence-corrected chi connectivity index (χ1v) is 11.2. The summed E-state index contributed by atoms with van der Waals surface area (Å²) in [7, 11) is 1.50. The molecule has 0 saturated carbocycles. The van der Waals surface area contributed by atoms with Crippen LogP contribution < -0.4 is 14.8 Å². The fourth-order valence-corrected chi connectivity index (χ4v) is 3.53. The molecule has 0 aliphatic rings. The number of benzene rings is 3. The average molecular weight is 607 g/mol. The zero-order chi connectivity index (χ0) is 23.1. The zero-order valence-electron chi connectivity index (χ0n) is 16.9. The van der Waals surface area contributed by atoms with Crippen LogP contribution in [0.5, 0.6) is 11.5 Å². The molecule has 0 atom stereocenters. The molecule has 0 saturated heterocycles. The largest absolute Gasteiger partial charge is 0.493 e. The summed E-state index contributed by atoms with van der Waals surface area (Å²) in [5, 5.41) is 11.9. The third-order valence-electron chi connectivity index (χ3n) is 4.38. The van der Waals surface area contributed by atoms with Crippen LogP contribution in [0.25, 0.3) is 6.08 Å². The van der Waals surface area contributed by atoms with Crippen LogP contribution in [0, 0.1) is 20.7 Å². The van der Waals surface area contributed by atoms with Crippen molar-refractivity contribution in [2.45, 2.75) is 6.61 Å². The maximum atomic E-state index is 13.8. The Hall–Kier alpha value is -2.90. The molecule has 0 aromatic heterocycles. The second kappa shape index (κ2) is 11.1. The van der Waals surface area contributed by atoms with E-state index in [9.17, 15) is 14.4 Å². The number of nitriles is 1. The maximum Gasteiger partial charge on any atom is 0.266 e. The SMILES string of the molecule is COc1cc(/C=C(/C#N)C(=O)Nc2ccccc2F)c(Br)cc1OCc1ccc(I)cc1. The molecule has 5 nitrogen and oxygen atoms in total. The van der Waals surface area contributed by atoms with Crippen molar-refractivity contribution in [2.24, 2.45) is 0 Å². The summed E-state index contributed by atoms with van der Waals surface area (Å²) in [6.07, 6.45) is 1.39. The Morgan fingerprint density at radius 3 is 2.56 bits per heavy atom. The number of rotatable bonds is 7. The van der Waals surface area contributed by atoms with E-state index in [1.165, 1.54) is 31.4 Å². The van der Waals surface area contributed by atoms with E-state index in [0.717, 1.165) is 9.13 Å².